The molecule has 1 atom stereocenters. The Kier molecular flexibility index (Phi) is 3.58. The Balaban J connectivity index is 2.34. The Morgan fingerprint density at radius 3 is 2.44 bits per heavy atom. The first-order chi connectivity index (χ1) is 8.56. The second kappa shape index (κ2) is 5.14. The topological polar surface area (TPSA) is 35.2 Å². The zero-order chi connectivity index (χ0) is 13.1. The van der Waals surface area contributed by atoms with Crippen molar-refractivity contribution in [3.8, 4) is 11.5 Å². The number of hydrogen-bond donors (Lipinski definition) is 1. The van der Waals surface area contributed by atoms with Gasteiger partial charge in [0.05, 0.1) is 0 Å². The van der Waals surface area contributed by atoms with Gasteiger partial charge in [-0.3, -0.25) is 0 Å². The summed E-state index contributed by atoms with van der Waals surface area (Å²) in [6.45, 7) is 1.73. The lowest BCUT2D eigenvalue weighted by atomic mass is 10.1. The molecule has 0 saturated carbocycles. The van der Waals surface area contributed by atoms with Crippen LogP contribution in [-0.4, -0.2) is 0 Å². The van der Waals surface area contributed by atoms with E-state index in [-0.39, 0.29) is 11.9 Å². The molecule has 4 heteroatoms. The first-order valence-corrected chi connectivity index (χ1v) is 5.54. The molecule has 0 amide bonds. The van der Waals surface area contributed by atoms with Crippen molar-refractivity contribution in [2.75, 3.05) is 0 Å². The van der Waals surface area contributed by atoms with Crippen molar-refractivity contribution in [3.05, 3.63) is 59.7 Å². The van der Waals surface area contributed by atoms with Gasteiger partial charge in [-0.15, -0.1) is 0 Å². The van der Waals surface area contributed by atoms with Gasteiger partial charge in [0.1, 0.15) is 23.1 Å². The summed E-state index contributed by atoms with van der Waals surface area (Å²) in [5.74, 6) is 0.00589. The van der Waals surface area contributed by atoms with Gasteiger partial charge in [-0.2, -0.15) is 0 Å². The highest BCUT2D eigenvalue weighted by Crippen LogP contribution is 2.29. The molecule has 2 aromatic rings. The van der Waals surface area contributed by atoms with Gasteiger partial charge >= 0.3 is 0 Å². The van der Waals surface area contributed by atoms with Crippen molar-refractivity contribution in [1.82, 2.24) is 0 Å². The minimum atomic E-state index is -0.392. The maximum absolute atomic E-state index is 13.1. The van der Waals surface area contributed by atoms with E-state index < -0.39 is 5.82 Å². The van der Waals surface area contributed by atoms with Crippen molar-refractivity contribution in [1.29, 1.82) is 0 Å². The molecule has 0 saturated heterocycles. The quantitative estimate of drug-likeness (QED) is 0.898. The van der Waals surface area contributed by atoms with Gasteiger partial charge in [0, 0.05) is 17.7 Å². The third-order valence-corrected chi connectivity index (χ3v) is 2.49. The Morgan fingerprint density at radius 2 is 1.78 bits per heavy atom. The van der Waals surface area contributed by atoms with E-state index in [1.54, 1.807) is 19.1 Å². The molecule has 0 bridgehead atoms. The average molecular weight is 249 g/mol. The molecule has 18 heavy (non-hydrogen) atoms. The standard InChI is InChI=1S/C14H13F2NO/c1-9(17)13-8-11(16)5-6-14(13)18-12-4-2-3-10(15)7-12/h2-9H,17H2,1H3/t9-/m1/s1. The summed E-state index contributed by atoms with van der Waals surface area (Å²) < 4.78 is 31.7. The predicted octanol–water partition coefficient (Wildman–Crippen LogP) is 3.78. The van der Waals surface area contributed by atoms with E-state index in [0.717, 1.165) is 0 Å². The Hall–Kier alpha value is -1.94. The second-order valence-corrected chi connectivity index (χ2v) is 4.03. The molecular weight excluding hydrogens is 236 g/mol. The van der Waals surface area contributed by atoms with E-state index in [2.05, 4.69) is 0 Å². The van der Waals surface area contributed by atoms with Crippen molar-refractivity contribution in [3.63, 3.8) is 0 Å². The van der Waals surface area contributed by atoms with E-state index in [9.17, 15) is 8.78 Å². The molecule has 0 unspecified atom stereocenters. The van der Waals surface area contributed by atoms with Gasteiger partial charge in [0.2, 0.25) is 0 Å². The minimum Gasteiger partial charge on any atom is -0.457 e. The second-order valence-electron chi connectivity index (χ2n) is 4.03. The summed E-state index contributed by atoms with van der Waals surface area (Å²) >= 11 is 0. The summed E-state index contributed by atoms with van der Waals surface area (Å²) in [6, 6.07) is 9.46. The van der Waals surface area contributed by atoms with Crippen LogP contribution in [0.25, 0.3) is 0 Å². The highest BCUT2D eigenvalue weighted by Gasteiger charge is 2.10. The number of hydrogen-bond acceptors (Lipinski definition) is 2. The van der Waals surface area contributed by atoms with Gasteiger partial charge in [0.15, 0.2) is 0 Å². The van der Waals surface area contributed by atoms with Gasteiger partial charge in [-0.05, 0) is 37.3 Å². The SMILES string of the molecule is C[C@@H](N)c1cc(F)ccc1Oc1cccc(F)c1. The van der Waals surface area contributed by atoms with Gasteiger partial charge in [0.25, 0.3) is 0 Å². The van der Waals surface area contributed by atoms with E-state index in [4.69, 9.17) is 10.5 Å². The maximum atomic E-state index is 13.1. The summed E-state index contributed by atoms with van der Waals surface area (Å²) in [7, 11) is 0. The molecule has 2 N–H and O–H groups in total. The largest absolute Gasteiger partial charge is 0.457 e. The summed E-state index contributed by atoms with van der Waals surface area (Å²) in [4.78, 5) is 0. The Bertz CT molecular complexity index is 555. The zero-order valence-electron chi connectivity index (χ0n) is 9.86. The fourth-order valence-corrected chi connectivity index (χ4v) is 1.63. The Labute approximate surface area is 104 Å². The van der Waals surface area contributed by atoms with Gasteiger partial charge < -0.3 is 10.5 Å². The van der Waals surface area contributed by atoms with Crippen LogP contribution in [-0.2, 0) is 0 Å². The molecule has 0 aliphatic rings. The van der Waals surface area contributed by atoms with Gasteiger partial charge in [-0.1, -0.05) is 6.07 Å². The smallest absolute Gasteiger partial charge is 0.132 e. The monoisotopic (exact) mass is 249 g/mol. The van der Waals surface area contributed by atoms with Crippen LogP contribution < -0.4 is 10.5 Å². The van der Waals surface area contributed by atoms with Crippen LogP contribution in [0.2, 0.25) is 0 Å². The molecule has 0 spiro atoms. The molecular formula is C14H13F2NO. The van der Waals surface area contributed by atoms with E-state index in [0.29, 0.717) is 17.1 Å². The number of nitrogens with two attached hydrogens (primary N) is 1. The van der Waals surface area contributed by atoms with Crippen LogP contribution in [0.3, 0.4) is 0 Å². The third-order valence-electron chi connectivity index (χ3n) is 2.49. The van der Waals surface area contributed by atoms with E-state index >= 15 is 0 Å². The maximum Gasteiger partial charge on any atom is 0.132 e. The molecule has 0 aromatic heterocycles. The normalized spacial score (nSPS) is 12.2. The molecule has 0 aliphatic carbocycles. The minimum absolute atomic E-state index is 0.350. The fraction of sp³-hybridized carbons (Fsp3) is 0.143. The number of benzene rings is 2. The number of halogens is 2. The molecule has 2 nitrogen and oxygen atoms in total. The van der Waals surface area contributed by atoms with E-state index in [1.165, 1.54) is 30.3 Å². The molecule has 2 aromatic carbocycles. The van der Waals surface area contributed by atoms with Crippen LogP contribution in [0.5, 0.6) is 11.5 Å². The number of rotatable bonds is 3. The predicted molar refractivity (Wildman–Crippen MR) is 65.5 cm³/mol. The molecule has 0 fully saturated rings. The highest BCUT2D eigenvalue weighted by atomic mass is 19.1. The first kappa shape index (κ1) is 12.5. The third kappa shape index (κ3) is 2.84. The van der Waals surface area contributed by atoms with Crippen LogP contribution >= 0.6 is 0 Å². The van der Waals surface area contributed by atoms with E-state index in [1.807, 2.05) is 0 Å². The van der Waals surface area contributed by atoms with Crippen molar-refractivity contribution >= 4 is 0 Å². The van der Waals surface area contributed by atoms with Crippen LogP contribution in [0, 0.1) is 11.6 Å². The van der Waals surface area contributed by atoms with Crippen LogP contribution in [0.4, 0.5) is 8.78 Å². The summed E-state index contributed by atoms with van der Waals surface area (Å²) in [6.07, 6.45) is 0. The lowest BCUT2D eigenvalue weighted by Gasteiger charge is -2.13. The van der Waals surface area contributed by atoms with Crippen molar-refractivity contribution in [2.24, 2.45) is 5.73 Å². The van der Waals surface area contributed by atoms with Crippen molar-refractivity contribution < 1.29 is 13.5 Å². The molecule has 0 aliphatic heterocycles. The lowest BCUT2D eigenvalue weighted by molar-refractivity contribution is 0.464. The van der Waals surface area contributed by atoms with Crippen LogP contribution in [0.15, 0.2) is 42.5 Å². The lowest BCUT2D eigenvalue weighted by Crippen LogP contribution is -2.07. The fourth-order valence-electron chi connectivity index (χ4n) is 1.63. The molecule has 0 heterocycles. The van der Waals surface area contributed by atoms with Crippen molar-refractivity contribution in [2.45, 2.75) is 13.0 Å². The zero-order valence-corrected chi connectivity index (χ0v) is 9.86. The summed E-state index contributed by atoms with van der Waals surface area (Å²) in [5, 5.41) is 0. The number of ether oxygens (including phenoxy) is 1. The summed E-state index contributed by atoms with van der Waals surface area (Å²) in [5.41, 5.74) is 6.29. The first-order valence-electron chi connectivity index (χ1n) is 5.54. The average Bonchev–Trinajstić information content (AvgIpc) is 2.31. The molecule has 2 rings (SSSR count). The molecule has 94 valence electrons. The molecule has 0 radical (unpaired) electrons. The van der Waals surface area contributed by atoms with Crippen LogP contribution in [0.1, 0.15) is 18.5 Å². The highest BCUT2D eigenvalue weighted by molar-refractivity contribution is 5.39. The Morgan fingerprint density at radius 1 is 1.06 bits per heavy atom. The van der Waals surface area contributed by atoms with Gasteiger partial charge in [-0.25, -0.2) is 8.78 Å².